The van der Waals surface area contributed by atoms with Gasteiger partial charge in [-0.05, 0) is 18.8 Å². The molecule has 2 aliphatic rings. The quantitative estimate of drug-likeness (QED) is 0.620. The Morgan fingerprint density at radius 1 is 1.27 bits per heavy atom. The summed E-state index contributed by atoms with van der Waals surface area (Å²) in [5.74, 6) is 0.710. The van der Waals surface area contributed by atoms with Gasteiger partial charge in [0.1, 0.15) is 0 Å². The number of rotatable bonds is 2. The van der Waals surface area contributed by atoms with Crippen molar-refractivity contribution in [1.29, 1.82) is 0 Å². The molecule has 0 aromatic rings. The van der Waals surface area contributed by atoms with Crippen LogP contribution in [0, 0.1) is 5.92 Å². The summed E-state index contributed by atoms with van der Waals surface area (Å²) < 4.78 is 10.8. The van der Waals surface area contributed by atoms with Crippen LogP contribution in [0.3, 0.4) is 0 Å². The van der Waals surface area contributed by atoms with Gasteiger partial charge in [0.05, 0.1) is 25.9 Å². The summed E-state index contributed by atoms with van der Waals surface area (Å²) in [6, 6.07) is 0.218. The molecule has 11 heavy (non-hydrogen) atoms. The van der Waals surface area contributed by atoms with Gasteiger partial charge in [0, 0.05) is 6.04 Å². The SMILES string of the molecule is NC(C1CC1)C1COCCO1. The van der Waals surface area contributed by atoms with Crippen LogP contribution in [-0.4, -0.2) is 32.0 Å². The zero-order valence-corrected chi connectivity index (χ0v) is 6.66. The zero-order chi connectivity index (χ0) is 7.68. The average molecular weight is 157 g/mol. The highest BCUT2D eigenvalue weighted by molar-refractivity contribution is 4.89. The Morgan fingerprint density at radius 2 is 2.09 bits per heavy atom. The van der Waals surface area contributed by atoms with Gasteiger partial charge in [-0.25, -0.2) is 0 Å². The Balaban J connectivity index is 1.81. The second-order valence-corrected chi connectivity index (χ2v) is 3.40. The first kappa shape index (κ1) is 7.53. The van der Waals surface area contributed by atoms with Gasteiger partial charge >= 0.3 is 0 Å². The van der Waals surface area contributed by atoms with Crippen molar-refractivity contribution in [2.45, 2.75) is 25.0 Å². The largest absolute Gasteiger partial charge is 0.376 e. The zero-order valence-electron chi connectivity index (χ0n) is 6.66. The molecule has 2 unspecified atom stereocenters. The molecular formula is C8H15NO2. The van der Waals surface area contributed by atoms with Gasteiger partial charge in [0.15, 0.2) is 0 Å². The van der Waals surface area contributed by atoms with E-state index in [1.807, 2.05) is 0 Å². The molecule has 1 aliphatic heterocycles. The van der Waals surface area contributed by atoms with Crippen molar-refractivity contribution in [2.75, 3.05) is 19.8 Å². The highest BCUT2D eigenvalue weighted by Gasteiger charge is 2.35. The molecule has 1 heterocycles. The molecule has 64 valence electrons. The van der Waals surface area contributed by atoms with Gasteiger partial charge in [-0.3, -0.25) is 0 Å². The molecule has 0 aromatic carbocycles. The third-order valence-electron chi connectivity index (χ3n) is 2.44. The summed E-state index contributed by atoms with van der Waals surface area (Å²) in [5.41, 5.74) is 5.95. The Hall–Kier alpha value is -0.120. The van der Waals surface area contributed by atoms with E-state index < -0.39 is 0 Å². The molecule has 1 aliphatic carbocycles. The lowest BCUT2D eigenvalue weighted by molar-refractivity contribution is -0.0992. The van der Waals surface area contributed by atoms with Crippen LogP contribution < -0.4 is 5.73 Å². The van der Waals surface area contributed by atoms with Gasteiger partial charge in [0.25, 0.3) is 0 Å². The van der Waals surface area contributed by atoms with Crippen LogP contribution in [0.2, 0.25) is 0 Å². The highest BCUT2D eigenvalue weighted by Crippen LogP contribution is 2.33. The minimum absolute atomic E-state index is 0.163. The molecule has 1 saturated carbocycles. The maximum Gasteiger partial charge on any atom is 0.0962 e. The van der Waals surface area contributed by atoms with Crippen LogP contribution in [0.4, 0.5) is 0 Å². The fourth-order valence-electron chi connectivity index (χ4n) is 1.51. The summed E-state index contributed by atoms with van der Waals surface area (Å²) in [6.45, 7) is 2.14. The first-order valence-corrected chi connectivity index (χ1v) is 4.33. The van der Waals surface area contributed by atoms with Crippen LogP contribution >= 0.6 is 0 Å². The average Bonchev–Trinajstić information content (AvgIpc) is 2.87. The molecule has 3 nitrogen and oxygen atoms in total. The number of hydrogen-bond donors (Lipinski definition) is 1. The molecule has 2 atom stereocenters. The van der Waals surface area contributed by atoms with Gasteiger partial charge in [-0.2, -0.15) is 0 Å². The summed E-state index contributed by atoms with van der Waals surface area (Å²) in [6.07, 6.45) is 2.72. The van der Waals surface area contributed by atoms with Crippen molar-refractivity contribution >= 4 is 0 Å². The standard InChI is InChI=1S/C8H15NO2/c9-8(6-1-2-6)7-5-10-3-4-11-7/h6-8H,1-5,9H2. The van der Waals surface area contributed by atoms with Crippen molar-refractivity contribution in [1.82, 2.24) is 0 Å². The molecule has 1 saturated heterocycles. The van der Waals surface area contributed by atoms with Gasteiger partial charge < -0.3 is 15.2 Å². The van der Waals surface area contributed by atoms with Crippen LogP contribution in [0.5, 0.6) is 0 Å². The molecule has 0 radical (unpaired) electrons. The summed E-state index contributed by atoms with van der Waals surface area (Å²) >= 11 is 0. The van der Waals surface area contributed by atoms with E-state index in [1.165, 1.54) is 12.8 Å². The van der Waals surface area contributed by atoms with E-state index in [1.54, 1.807) is 0 Å². The predicted octanol–water partition coefficient (Wildman–Crippen LogP) is 0.139. The maximum atomic E-state index is 5.95. The maximum absolute atomic E-state index is 5.95. The van der Waals surface area contributed by atoms with E-state index in [0.717, 1.165) is 6.61 Å². The van der Waals surface area contributed by atoms with Crippen LogP contribution in [-0.2, 0) is 9.47 Å². The third-order valence-corrected chi connectivity index (χ3v) is 2.44. The summed E-state index contributed by atoms with van der Waals surface area (Å²) in [5, 5.41) is 0. The minimum Gasteiger partial charge on any atom is -0.376 e. The topological polar surface area (TPSA) is 44.5 Å². The Morgan fingerprint density at radius 3 is 2.64 bits per heavy atom. The van der Waals surface area contributed by atoms with E-state index >= 15 is 0 Å². The fraction of sp³-hybridized carbons (Fsp3) is 1.00. The van der Waals surface area contributed by atoms with Crippen LogP contribution in [0.25, 0.3) is 0 Å². The molecule has 0 spiro atoms. The van der Waals surface area contributed by atoms with E-state index in [-0.39, 0.29) is 12.1 Å². The number of nitrogens with two attached hydrogens (primary N) is 1. The van der Waals surface area contributed by atoms with Crippen molar-refractivity contribution in [2.24, 2.45) is 11.7 Å². The first-order chi connectivity index (χ1) is 5.38. The third kappa shape index (κ3) is 1.72. The van der Waals surface area contributed by atoms with E-state index in [0.29, 0.717) is 19.1 Å². The van der Waals surface area contributed by atoms with Crippen LogP contribution in [0.1, 0.15) is 12.8 Å². The van der Waals surface area contributed by atoms with Crippen molar-refractivity contribution in [3.8, 4) is 0 Å². The molecule has 2 rings (SSSR count). The fourth-order valence-corrected chi connectivity index (χ4v) is 1.51. The summed E-state index contributed by atoms with van der Waals surface area (Å²) in [4.78, 5) is 0. The molecule has 2 N–H and O–H groups in total. The monoisotopic (exact) mass is 157 g/mol. The Kier molecular flexibility index (Phi) is 2.11. The molecule has 2 fully saturated rings. The Labute approximate surface area is 66.8 Å². The normalized spacial score (nSPS) is 35.2. The first-order valence-electron chi connectivity index (χ1n) is 4.33. The van der Waals surface area contributed by atoms with Gasteiger partial charge in [0.2, 0.25) is 0 Å². The van der Waals surface area contributed by atoms with Gasteiger partial charge in [-0.1, -0.05) is 0 Å². The summed E-state index contributed by atoms with van der Waals surface area (Å²) in [7, 11) is 0. The molecule has 0 aromatic heterocycles. The molecule has 0 bridgehead atoms. The van der Waals surface area contributed by atoms with Crippen molar-refractivity contribution in [3.63, 3.8) is 0 Å². The molecule has 3 heteroatoms. The van der Waals surface area contributed by atoms with Crippen molar-refractivity contribution in [3.05, 3.63) is 0 Å². The smallest absolute Gasteiger partial charge is 0.0962 e. The Bertz CT molecular complexity index is 130. The predicted molar refractivity (Wildman–Crippen MR) is 41.3 cm³/mol. The van der Waals surface area contributed by atoms with Crippen LogP contribution in [0.15, 0.2) is 0 Å². The van der Waals surface area contributed by atoms with Gasteiger partial charge in [-0.15, -0.1) is 0 Å². The lowest BCUT2D eigenvalue weighted by Gasteiger charge is -2.27. The lowest BCUT2D eigenvalue weighted by atomic mass is 10.1. The number of ether oxygens (including phenoxy) is 2. The molecular weight excluding hydrogens is 142 g/mol. The lowest BCUT2D eigenvalue weighted by Crippen LogP contribution is -2.44. The van der Waals surface area contributed by atoms with E-state index in [9.17, 15) is 0 Å². The minimum atomic E-state index is 0.163. The highest BCUT2D eigenvalue weighted by atomic mass is 16.6. The van der Waals surface area contributed by atoms with E-state index in [4.69, 9.17) is 15.2 Å². The second-order valence-electron chi connectivity index (χ2n) is 3.40. The van der Waals surface area contributed by atoms with Crippen molar-refractivity contribution < 1.29 is 9.47 Å². The van der Waals surface area contributed by atoms with E-state index in [2.05, 4.69) is 0 Å². The number of hydrogen-bond acceptors (Lipinski definition) is 3. The second kappa shape index (κ2) is 3.09. The molecule has 0 amide bonds.